The summed E-state index contributed by atoms with van der Waals surface area (Å²) in [4.78, 5) is 22.9. The Morgan fingerprint density at radius 2 is 1.62 bits per heavy atom. The lowest BCUT2D eigenvalue weighted by atomic mass is 10.0. The number of hydrogen-bond donors (Lipinski definition) is 2. The number of non-ortho nitro benzene ring substituents is 1. The van der Waals surface area contributed by atoms with E-state index in [1.807, 2.05) is 54.6 Å². The van der Waals surface area contributed by atoms with E-state index < -0.39 is 10.8 Å². The number of nitrogens with one attached hydrogen (secondary N) is 2. The fraction of sp³-hybridized carbons (Fsp3) is 0.0417. The first-order valence-electron chi connectivity index (χ1n) is 9.82. The molecule has 32 heavy (non-hydrogen) atoms. The van der Waals surface area contributed by atoms with E-state index in [1.165, 1.54) is 18.2 Å². The molecule has 1 aromatic heterocycles. The van der Waals surface area contributed by atoms with Crippen molar-refractivity contribution in [3.8, 4) is 22.4 Å². The first-order chi connectivity index (χ1) is 15.5. The van der Waals surface area contributed by atoms with Gasteiger partial charge in [0.1, 0.15) is 5.69 Å². The predicted octanol–water partition coefficient (Wildman–Crippen LogP) is 4.81. The van der Waals surface area contributed by atoms with E-state index in [2.05, 4.69) is 20.7 Å². The van der Waals surface area contributed by atoms with E-state index in [1.54, 1.807) is 19.1 Å². The topological polar surface area (TPSA) is 113 Å². The van der Waals surface area contributed by atoms with Crippen LogP contribution in [0.4, 0.5) is 5.69 Å². The Balaban J connectivity index is 1.44. The zero-order valence-corrected chi connectivity index (χ0v) is 17.1. The molecule has 4 aromatic rings. The van der Waals surface area contributed by atoms with Crippen LogP contribution >= 0.6 is 0 Å². The molecule has 0 aliphatic heterocycles. The number of amides is 1. The van der Waals surface area contributed by atoms with Gasteiger partial charge in [-0.15, -0.1) is 0 Å². The molecule has 0 unspecified atom stereocenters. The Bertz CT molecular complexity index is 1290. The first kappa shape index (κ1) is 20.7. The molecule has 0 aliphatic carbocycles. The molecule has 0 atom stereocenters. The molecule has 1 amide bonds. The molecule has 0 fully saturated rings. The Morgan fingerprint density at radius 1 is 0.938 bits per heavy atom. The summed E-state index contributed by atoms with van der Waals surface area (Å²) in [5, 5.41) is 21.8. The molecule has 0 aliphatic rings. The molecular weight excluding hydrogens is 406 g/mol. The number of aromatic amines is 1. The van der Waals surface area contributed by atoms with Crippen molar-refractivity contribution >= 4 is 17.3 Å². The Hall–Kier alpha value is -4.59. The summed E-state index contributed by atoms with van der Waals surface area (Å²) in [5.74, 6) is -0.463. The zero-order valence-electron chi connectivity index (χ0n) is 17.1. The number of benzene rings is 3. The molecule has 8 heteroatoms. The lowest BCUT2D eigenvalue weighted by molar-refractivity contribution is -0.384. The fourth-order valence-corrected chi connectivity index (χ4v) is 3.16. The first-order valence-corrected chi connectivity index (χ1v) is 9.82. The highest BCUT2D eigenvalue weighted by Gasteiger charge is 2.13. The van der Waals surface area contributed by atoms with Crippen molar-refractivity contribution in [1.82, 2.24) is 15.6 Å². The minimum absolute atomic E-state index is 0.0463. The van der Waals surface area contributed by atoms with Gasteiger partial charge in [-0.05, 0) is 29.7 Å². The van der Waals surface area contributed by atoms with Gasteiger partial charge in [0.15, 0.2) is 0 Å². The Morgan fingerprint density at radius 3 is 2.34 bits per heavy atom. The van der Waals surface area contributed by atoms with Crippen molar-refractivity contribution in [3.63, 3.8) is 0 Å². The molecule has 8 nitrogen and oxygen atoms in total. The number of aromatic nitrogens is 2. The molecule has 0 saturated carbocycles. The second-order valence-electron chi connectivity index (χ2n) is 7.06. The molecule has 0 spiro atoms. The van der Waals surface area contributed by atoms with Crippen molar-refractivity contribution < 1.29 is 9.72 Å². The number of nitro groups is 1. The molecule has 0 bridgehead atoms. The summed E-state index contributed by atoms with van der Waals surface area (Å²) in [7, 11) is 0. The van der Waals surface area contributed by atoms with Crippen molar-refractivity contribution in [1.29, 1.82) is 0 Å². The third-order valence-corrected chi connectivity index (χ3v) is 4.91. The van der Waals surface area contributed by atoms with Crippen LogP contribution in [0.3, 0.4) is 0 Å². The molecule has 4 rings (SSSR count). The van der Waals surface area contributed by atoms with Gasteiger partial charge in [0, 0.05) is 17.7 Å². The molecule has 1 heterocycles. The van der Waals surface area contributed by atoms with Crippen LogP contribution in [0.2, 0.25) is 0 Å². The minimum atomic E-state index is -0.479. The number of hydrogen-bond acceptors (Lipinski definition) is 5. The number of nitro benzene ring substituents is 1. The minimum Gasteiger partial charge on any atom is -0.272 e. The maximum absolute atomic E-state index is 12.4. The van der Waals surface area contributed by atoms with Crippen LogP contribution < -0.4 is 5.43 Å². The Labute approximate surface area is 183 Å². The second kappa shape index (κ2) is 9.05. The van der Waals surface area contributed by atoms with E-state index in [-0.39, 0.29) is 11.4 Å². The highest BCUT2D eigenvalue weighted by atomic mass is 16.6. The number of hydrazone groups is 1. The van der Waals surface area contributed by atoms with Crippen LogP contribution in [0.1, 0.15) is 23.0 Å². The van der Waals surface area contributed by atoms with E-state index in [4.69, 9.17) is 0 Å². The largest absolute Gasteiger partial charge is 0.289 e. The van der Waals surface area contributed by atoms with Crippen molar-refractivity contribution in [3.05, 3.63) is 106 Å². The zero-order chi connectivity index (χ0) is 22.5. The third kappa shape index (κ3) is 4.59. The summed E-state index contributed by atoms with van der Waals surface area (Å²) in [6.45, 7) is 1.80. The van der Waals surface area contributed by atoms with Crippen LogP contribution in [0, 0.1) is 10.1 Å². The smallest absolute Gasteiger partial charge is 0.272 e. The van der Waals surface area contributed by atoms with Gasteiger partial charge < -0.3 is 0 Å². The number of nitrogens with zero attached hydrogens (tertiary/aromatic N) is 3. The van der Waals surface area contributed by atoms with Gasteiger partial charge in [0.2, 0.25) is 0 Å². The lowest BCUT2D eigenvalue weighted by Crippen LogP contribution is -2.19. The van der Waals surface area contributed by atoms with E-state index in [0.717, 1.165) is 16.7 Å². The summed E-state index contributed by atoms with van der Waals surface area (Å²) in [6.07, 6.45) is 0. The number of carbonyl (C=O) groups is 1. The highest BCUT2D eigenvalue weighted by molar-refractivity contribution is 6.01. The third-order valence-electron chi connectivity index (χ3n) is 4.91. The van der Waals surface area contributed by atoms with Crippen LogP contribution in [-0.2, 0) is 0 Å². The molecule has 158 valence electrons. The molecule has 2 N–H and O–H groups in total. The van der Waals surface area contributed by atoms with Gasteiger partial charge in [0.25, 0.3) is 11.6 Å². The molecular formula is C24H19N5O3. The van der Waals surface area contributed by atoms with Crippen LogP contribution in [0.25, 0.3) is 22.4 Å². The number of H-pyrrole nitrogens is 1. The summed E-state index contributed by atoms with van der Waals surface area (Å²) < 4.78 is 0. The normalized spacial score (nSPS) is 11.2. The standard InChI is InChI=1S/C24H19N5O3/c1-16(17-10-12-19(13-11-17)18-6-3-2-4-7-18)25-28-24(30)23-15-22(26-27-23)20-8-5-9-21(14-20)29(31)32/h2-15H,1H3,(H,26,27)(H,28,30). The Kier molecular flexibility index (Phi) is 5.85. The number of rotatable bonds is 6. The highest BCUT2D eigenvalue weighted by Crippen LogP contribution is 2.23. The quantitative estimate of drug-likeness (QED) is 0.262. The average molecular weight is 425 g/mol. The van der Waals surface area contributed by atoms with Crippen LogP contribution in [0.5, 0.6) is 0 Å². The van der Waals surface area contributed by atoms with Crippen LogP contribution in [-0.4, -0.2) is 26.7 Å². The van der Waals surface area contributed by atoms with Crippen molar-refractivity contribution in [2.45, 2.75) is 6.92 Å². The van der Waals surface area contributed by atoms with Gasteiger partial charge >= 0.3 is 0 Å². The van der Waals surface area contributed by atoms with Crippen molar-refractivity contribution in [2.24, 2.45) is 5.10 Å². The maximum atomic E-state index is 12.4. The monoisotopic (exact) mass is 425 g/mol. The second-order valence-corrected chi connectivity index (χ2v) is 7.06. The average Bonchev–Trinajstić information content (AvgIpc) is 3.34. The van der Waals surface area contributed by atoms with E-state index >= 15 is 0 Å². The van der Waals surface area contributed by atoms with Gasteiger partial charge in [-0.1, -0.05) is 66.7 Å². The molecule has 3 aromatic carbocycles. The summed E-state index contributed by atoms with van der Waals surface area (Å²) in [6, 6.07) is 25.5. The number of carbonyl (C=O) groups excluding carboxylic acids is 1. The van der Waals surface area contributed by atoms with E-state index in [0.29, 0.717) is 17.0 Å². The maximum Gasteiger partial charge on any atom is 0.289 e. The summed E-state index contributed by atoms with van der Waals surface area (Å²) >= 11 is 0. The van der Waals surface area contributed by atoms with Crippen LogP contribution in [0.15, 0.2) is 90.0 Å². The van der Waals surface area contributed by atoms with E-state index in [9.17, 15) is 14.9 Å². The van der Waals surface area contributed by atoms with Gasteiger partial charge in [-0.2, -0.15) is 10.2 Å². The van der Waals surface area contributed by atoms with Gasteiger partial charge in [0.05, 0.1) is 16.3 Å². The van der Waals surface area contributed by atoms with Gasteiger partial charge in [-0.25, -0.2) is 5.43 Å². The predicted molar refractivity (Wildman–Crippen MR) is 122 cm³/mol. The van der Waals surface area contributed by atoms with Gasteiger partial charge in [-0.3, -0.25) is 20.0 Å². The lowest BCUT2D eigenvalue weighted by Gasteiger charge is -2.05. The molecule has 0 saturated heterocycles. The summed E-state index contributed by atoms with van der Waals surface area (Å²) in [5.41, 5.74) is 7.37. The fourth-order valence-electron chi connectivity index (χ4n) is 3.16. The van der Waals surface area contributed by atoms with Crippen molar-refractivity contribution in [2.75, 3.05) is 0 Å². The molecule has 0 radical (unpaired) electrons. The SMILES string of the molecule is CC(=NNC(=O)c1cc(-c2cccc([N+](=O)[O-])c2)n[nH]1)c1ccc(-c2ccccc2)cc1.